The summed E-state index contributed by atoms with van der Waals surface area (Å²) in [6, 6.07) is 10.4. The normalized spacial score (nSPS) is 11.5. The molecule has 0 aliphatic carbocycles. The van der Waals surface area contributed by atoms with Gasteiger partial charge >= 0.3 is 5.97 Å². The second-order valence-electron chi connectivity index (χ2n) is 5.25. The Kier molecular flexibility index (Phi) is 5.52. The van der Waals surface area contributed by atoms with Crippen molar-refractivity contribution >= 4 is 17.6 Å². The predicted molar refractivity (Wildman–Crippen MR) is 87.6 cm³/mol. The minimum atomic E-state index is -1.02. The number of ether oxygens (including phenoxy) is 2. The van der Waals surface area contributed by atoms with Crippen molar-refractivity contribution in [3.8, 4) is 5.75 Å². The van der Waals surface area contributed by atoms with Gasteiger partial charge in [-0.2, -0.15) is 0 Å². The average Bonchev–Trinajstić information content (AvgIpc) is 2.56. The summed E-state index contributed by atoms with van der Waals surface area (Å²) in [4.78, 5) is 24.3. The lowest BCUT2D eigenvalue weighted by atomic mass is 10.1. The number of anilines is 1. The zero-order valence-corrected chi connectivity index (χ0v) is 13.6. The van der Waals surface area contributed by atoms with Crippen LogP contribution in [0.1, 0.15) is 22.8 Å². The number of amides is 1. The molecule has 1 atom stereocenters. The van der Waals surface area contributed by atoms with Gasteiger partial charge in [-0.05, 0) is 50.2 Å². The molecule has 6 heteroatoms. The zero-order chi connectivity index (χ0) is 17.7. The third kappa shape index (κ3) is 4.32. The van der Waals surface area contributed by atoms with E-state index in [4.69, 9.17) is 9.47 Å². The van der Waals surface area contributed by atoms with Crippen molar-refractivity contribution in [3.63, 3.8) is 0 Å². The molecule has 0 aromatic heterocycles. The highest BCUT2D eigenvalue weighted by Crippen LogP contribution is 2.21. The molecule has 0 bridgehead atoms. The maximum Gasteiger partial charge on any atom is 0.342 e. The summed E-state index contributed by atoms with van der Waals surface area (Å²) >= 11 is 0. The van der Waals surface area contributed by atoms with Crippen LogP contribution in [0.15, 0.2) is 42.5 Å². The zero-order valence-electron chi connectivity index (χ0n) is 13.6. The molecular formula is C18H18FNO4. The molecular weight excluding hydrogens is 313 g/mol. The van der Waals surface area contributed by atoms with Crippen molar-refractivity contribution in [1.29, 1.82) is 0 Å². The molecule has 24 heavy (non-hydrogen) atoms. The molecule has 0 saturated carbocycles. The molecule has 0 radical (unpaired) electrons. The maximum atomic E-state index is 12.9. The Labute approximate surface area is 139 Å². The standard InChI is InChI=1S/C18H18FNO4/c1-11-4-9-16(23-3)15(10-11)18(22)24-12(2)17(21)20-14-7-5-13(19)6-8-14/h4-10,12H,1-3H3,(H,20,21)/t12-/m0/s1. The van der Waals surface area contributed by atoms with Crippen LogP contribution in [0.4, 0.5) is 10.1 Å². The van der Waals surface area contributed by atoms with E-state index >= 15 is 0 Å². The minimum Gasteiger partial charge on any atom is -0.496 e. The molecule has 2 aromatic rings. The Morgan fingerprint density at radius 3 is 2.42 bits per heavy atom. The molecule has 5 nitrogen and oxygen atoms in total. The number of aryl methyl sites for hydroxylation is 1. The van der Waals surface area contributed by atoms with Crippen molar-refractivity contribution in [2.75, 3.05) is 12.4 Å². The van der Waals surface area contributed by atoms with Gasteiger partial charge in [0, 0.05) is 5.69 Å². The number of hydrogen-bond donors (Lipinski definition) is 1. The number of methoxy groups -OCH3 is 1. The van der Waals surface area contributed by atoms with E-state index < -0.39 is 23.8 Å². The Morgan fingerprint density at radius 1 is 1.12 bits per heavy atom. The van der Waals surface area contributed by atoms with Gasteiger partial charge in [-0.25, -0.2) is 9.18 Å². The van der Waals surface area contributed by atoms with Crippen LogP contribution in [-0.4, -0.2) is 25.1 Å². The number of rotatable bonds is 5. The van der Waals surface area contributed by atoms with E-state index in [1.165, 1.54) is 38.3 Å². The van der Waals surface area contributed by atoms with E-state index in [1.807, 2.05) is 6.92 Å². The van der Waals surface area contributed by atoms with Crippen LogP contribution in [0.2, 0.25) is 0 Å². The van der Waals surface area contributed by atoms with Crippen LogP contribution in [0, 0.1) is 12.7 Å². The summed E-state index contributed by atoms with van der Waals surface area (Å²) in [7, 11) is 1.45. The topological polar surface area (TPSA) is 64.6 Å². The fraction of sp³-hybridized carbons (Fsp3) is 0.222. The highest BCUT2D eigenvalue weighted by atomic mass is 19.1. The summed E-state index contributed by atoms with van der Waals surface area (Å²) in [5.41, 5.74) is 1.53. The van der Waals surface area contributed by atoms with Gasteiger partial charge in [0.15, 0.2) is 6.10 Å². The van der Waals surface area contributed by atoms with Gasteiger partial charge in [-0.15, -0.1) is 0 Å². The second kappa shape index (κ2) is 7.59. The van der Waals surface area contributed by atoms with Crippen molar-refractivity contribution in [1.82, 2.24) is 0 Å². The number of carbonyl (C=O) groups is 2. The minimum absolute atomic E-state index is 0.249. The van der Waals surface area contributed by atoms with Crippen LogP contribution in [0.25, 0.3) is 0 Å². The Morgan fingerprint density at radius 2 is 1.79 bits per heavy atom. The molecule has 0 unspecified atom stereocenters. The van der Waals surface area contributed by atoms with Crippen LogP contribution >= 0.6 is 0 Å². The first-order valence-electron chi connectivity index (χ1n) is 7.32. The van der Waals surface area contributed by atoms with E-state index in [9.17, 15) is 14.0 Å². The highest BCUT2D eigenvalue weighted by Gasteiger charge is 2.21. The summed E-state index contributed by atoms with van der Waals surface area (Å²) in [6.07, 6.45) is -1.02. The van der Waals surface area contributed by atoms with Crippen molar-refractivity contribution in [2.45, 2.75) is 20.0 Å². The van der Waals surface area contributed by atoms with Gasteiger partial charge < -0.3 is 14.8 Å². The van der Waals surface area contributed by atoms with E-state index in [0.717, 1.165) is 5.56 Å². The fourth-order valence-electron chi connectivity index (χ4n) is 2.04. The Bertz CT molecular complexity index is 743. The highest BCUT2D eigenvalue weighted by molar-refractivity contribution is 5.98. The quantitative estimate of drug-likeness (QED) is 0.854. The summed E-state index contributed by atoms with van der Waals surface area (Å²) in [5, 5.41) is 2.55. The SMILES string of the molecule is COc1ccc(C)cc1C(=O)O[C@@H](C)C(=O)Nc1ccc(F)cc1. The monoisotopic (exact) mass is 331 g/mol. The van der Waals surface area contributed by atoms with Gasteiger partial charge in [-0.3, -0.25) is 4.79 Å². The van der Waals surface area contributed by atoms with Gasteiger partial charge in [-0.1, -0.05) is 11.6 Å². The number of esters is 1. The van der Waals surface area contributed by atoms with Crippen LogP contribution in [-0.2, 0) is 9.53 Å². The molecule has 0 fully saturated rings. The van der Waals surface area contributed by atoms with Crippen molar-refractivity contribution in [2.24, 2.45) is 0 Å². The second-order valence-corrected chi connectivity index (χ2v) is 5.25. The smallest absolute Gasteiger partial charge is 0.342 e. The molecule has 1 amide bonds. The van der Waals surface area contributed by atoms with Crippen LogP contribution in [0.5, 0.6) is 5.75 Å². The number of hydrogen-bond acceptors (Lipinski definition) is 4. The van der Waals surface area contributed by atoms with E-state index in [1.54, 1.807) is 18.2 Å². The van der Waals surface area contributed by atoms with E-state index in [0.29, 0.717) is 11.4 Å². The van der Waals surface area contributed by atoms with Gasteiger partial charge in [0.25, 0.3) is 5.91 Å². The molecule has 2 rings (SSSR count). The third-order valence-corrected chi connectivity index (χ3v) is 3.34. The molecule has 0 aliphatic rings. The van der Waals surface area contributed by atoms with Crippen LogP contribution in [0.3, 0.4) is 0 Å². The van der Waals surface area contributed by atoms with Gasteiger partial charge in [0.1, 0.15) is 17.1 Å². The van der Waals surface area contributed by atoms with E-state index in [2.05, 4.69) is 5.32 Å². The lowest BCUT2D eigenvalue weighted by Crippen LogP contribution is -2.30. The lowest BCUT2D eigenvalue weighted by Gasteiger charge is -2.15. The first-order chi connectivity index (χ1) is 11.4. The van der Waals surface area contributed by atoms with E-state index in [-0.39, 0.29) is 5.56 Å². The summed E-state index contributed by atoms with van der Waals surface area (Å²) < 4.78 is 23.2. The number of benzene rings is 2. The lowest BCUT2D eigenvalue weighted by molar-refractivity contribution is -0.123. The average molecular weight is 331 g/mol. The third-order valence-electron chi connectivity index (χ3n) is 3.34. The Balaban J connectivity index is 2.04. The van der Waals surface area contributed by atoms with Crippen molar-refractivity contribution in [3.05, 3.63) is 59.4 Å². The largest absolute Gasteiger partial charge is 0.496 e. The molecule has 0 saturated heterocycles. The number of nitrogens with one attached hydrogen (secondary N) is 1. The number of halogens is 1. The fourth-order valence-corrected chi connectivity index (χ4v) is 2.04. The first-order valence-corrected chi connectivity index (χ1v) is 7.32. The maximum absolute atomic E-state index is 12.9. The first kappa shape index (κ1) is 17.5. The molecule has 0 aliphatic heterocycles. The molecule has 126 valence electrons. The van der Waals surface area contributed by atoms with Gasteiger partial charge in [0.05, 0.1) is 7.11 Å². The summed E-state index contributed by atoms with van der Waals surface area (Å²) in [5.74, 6) is -1.20. The number of carbonyl (C=O) groups excluding carboxylic acids is 2. The summed E-state index contributed by atoms with van der Waals surface area (Å²) in [6.45, 7) is 3.29. The predicted octanol–water partition coefficient (Wildman–Crippen LogP) is 3.33. The molecule has 0 spiro atoms. The van der Waals surface area contributed by atoms with Crippen molar-refractivity contribution < 1.29 is 23.5 Å². The molecule has 0 heterocycles. The Hall–Kier alpha value is -2.89. The van der Waals surface area contributed by atoms with Gasteiger partial charge in [0.2, 0.25) is 0 Å². The van der Waals surface area contributed by atoms with Crippen LogP contribution < -0.4 is 10.1 Å². The molecule has 2 aromatic carbocycles. The molecule has 1 N–H and O–H groups in total.